The monoisotopic (exact) mass is 895 g/mol. The van der Waals surface area contributed by atoms with Crippen molar-refractivity contribution < 1.29 is 73.3 Å². The van der Waals surface area contributed by atoms with Gasteiger partial charge in [-0.15, -0.1) is 0 Å². The smallest absolute Gasteiger partial charge is 0.462 e. The van der Waals surface area contributed by atoms with Crippen molar-refractivity contribution >= 4 is 19.8 Å². The van der Waals surface area contributed by atoms with E-state index in [9.17, 15) is 54.8 Å². The highest BCUT2D eigenvalue weighted by molar-refractivity contribution is 7.47. The summed E-state index contributed by atoms with van der Waals surface area (Å²) in [5.41, 5.74) is 0. The first-order valence-electron chi connectivity index (χ1n) is 23.3. The molecule has 15 nitrogen and oxygen atoms in total. The summed E-state index contributed by atoms with van der Waals surface area (Å²) in [5, 5.41) is 70.6. The van der Waals surface area contributed by atoms with E-state index in [1.54, 1.807) is 0 Å². The van der Waals surface area contributed by atoms with Crippen LogP contribution < -0.4 is 0 Å². The molecule has 0 aromatic carbocycles. The third-order valence-electron chi connectivity index (χ3n) is 11.0. The van der Waals surface area contributed by atoms with Crippen LogP contribution in [0.3, 0.4) is 0 Å². The number of hydrogen-bond acceptors (Lipinski definition) is 14. The molecule has 0 bridgehead atoms. The fourth-order valence-corrected chi connectivity index (χ4v) is 7.98. The lowest BCUT2D eigenvalue weighted by Gasteiger charge is -2.41. The molecule has 0 aliphatic heterocycles. The fraction of sp³-hybridized carbons (Fsp3) is 0.867. The average Bonchev–Trinajstić information content (AvgIpc) is 3.23. The van der Waals surface area contributed by atoms with E-state index in [4.69, 9.17) is 18.5 Å². The Morgan fingerprint density at radius 1 is 0.557 bits per heavy atom. The van der Waals surface area contributed by atoms with E-state index >= 15 is 0 Å². The van der Waals surface area contributed by atoms with Crippen LogP contribution in [0.25, 0.3) is 0 Å². The van der Waals surface area contributed by atoms with E-state index in [2.05, 4.69) is 26.0 Å². The molecule has 358 valence electrons. The summed E-state index contributed by atoms with van der Waals surface area (Å²) >= 11 is 0. The zero-order valence-electron chi connectivity index (χ0n) is 37.2. The first-order chi connectivity index (χ1) is 29.2. The summed E-state index contributed by atoms with van der Waals surface area (Å²) in [6.07, 6.45) is 16.7. The van der Waals surface area contributed by atoms with E-state index in [1.807, 2.05) is 12.2 Å². The first-order valence-corrected chi connectivity index (χ1v) is 24.8. The third kappa shape index (κ3) is 27.9. The number of carbonyl (C=O) groups is 2. The first kappa shape index (κ1) is 57.3. The minimum Gasteiger partial charge on any atom is -0.462 e. The molecule has 3 unspecified atom stereocenters. The van der Waals surface area contributed by atoms with Gasteiger partial charge in [0.05, 0.1) is 18.8 Å². The summed E-state index contributed by atoms with van der Waals surface area (Å²) < 4.78 is 33.4. The van der Waals surface area contributed by atoms with Gasteiger partial charge in [-0.3, -0.25) is 18.6 Å². The van der Waals surface area contributed by atoms with Crippen LogP contribution in [-0.4, -0.2) is 121 Å². The third-order valence-corrected chi connectivity index (χ3v) is 12.0. The van der Waals surface area contributed by atoms with Gasteiger partial charge in [-0.25, -0.2) is 4.57 Å². The van der Waals surface area contributed by atoms with Crippen LogP contribution in [0.1, 0.15) is 181 Å². The van der Waals surface area contributed by atoms with Gasteiger partial charge in [0.1, 0.15) is 43.2 Å². The van der Waals surface area contributed by atoms with Crippen LogP contribution >= 0.6 is 7.82 Å². The van der Waals surface area contributed by atoms with Crippen molar-refractivity contribution in [3.63, 3.8) is 0 Å². The second-order valence-corrected chi connectivity index (χ2v) is 18.0. The number of ether oxygens (including phenoxy) is 2. The van der Waals surface area contributed by atoms with Crippen LogP contribution in [0.2, 0.25) is 0 Å². The SMILES string of the molecule is CCCCC/C=C\C[C@H](O)[C@@H](O)CCCCCCCC(=O)O[C@H](COC(=O)CCCCCCC/C=C\CCCCCCCC)COP(=O)(O)OC1[C@H](O)[C@H](O)C(O)[C@H](O)[C@H]1O. The summed E-state index contributed by atoms with van der Waals surface area (Å²) in [4.78, 5) is 35.7. The summed E-state index contributed by atoms with van der Waals surface area (Å²) in [7, 11) is -5.16. The molecule has 1 fully saturated rings. The average molecular weight is 895 g/mol. The van der Waals surface area contributed by atoms with Crippen molar-refractivity contribution in [2.24, 2.45) is 0 Å². The number of aliphatic hydroxyl groups excluding tert-OH is 7. The Morgan fingerprint density at radius 2 is 1.00 bits per heavy atom. The second-order valence-electron chi connectivity index (χ2n) is 16.6. The Kier molecular flexibility index (Phi) is 33.4. The maximum atomic E-state index is 12.8. The van der Waals surface area contributed by atoms with Crippen LogP contribution in [-0.2, 0) is 32.7 Å². The Bertz CT molecular complexity index is 1200. The molecule has 0 aromatic rings. The number of unbranched alkanes of at least 4 members (excludes halogenated alkanes) is 18. The molecule has 16 heteroatoms. The van der Waals surface area contributed by atoms with Crippen LogP contribution in [0, 0.1) is 0 Å². The van der Waals surface area contributed by atoms with Gasteiger partial charge in [0.15, 0.2) is 6.10 Å². The number of rotatable bonds is 38. The zero-order valence-corrected chi connectivity index (χ0v) is 38.1. The fourth-order valence-electron chi connectivity index (χ4n) is 7.01. The summed E-state index contributed by atoms with van der Waals surface area (Å²) in [6, 6.07) is 0. The van der Waals surface area contributed by atoms with Crippen LogP contribution in [0.4, 0.5) is 0 Å². The summed E-state index contributed by atoms with van der Waals surface area (Å²) in [5.74, 6) is -1.22. The van der Waals surface area contributed by atoms with E-state index < -0.39 is 87.9 Å². The van der Waals surface area contributed by atoms with Crippen LogP contribution in [0.15, 0.2) is 24.3 Å². The molecule has 1 aliphatic rings. The molecule has 61 heavy (non-hydrogen) atoms. The number of esters is 2. The van der Waals surface area contributed by atoms with Crippen molar-refractivity contribution in [2.45, 2.75) is 236 Å². The summed E-state index contributed by atoms with van der Waals surface area (Å²) in [6.45, 7) is 3.10. The predicted molar refractivity (Wildman–Crippen MR) is 233 cm³/mol. The maximum Gasteiger partial charge on any atom is 0.472 e. The largest absolute Gasteiger partial charge is 0.472 e. The van der Waals surface area contributed by atoms with Gasteiger partial charge >= 0.3 is 19.8 Å². The quantitative estimate of drug-likeness (QED) is 0.0138. The lowest BCUT2D eigenvalue weighted by atomic mass is 9.85. The Labute approximate surface area is 365 Å². The van der Waals surface area contributed by atoms with Gasteiger partial charge in [0.2, 0.25) is 0 Å². The molecule has 1 aliphatic carbocycles. The highest BCUT2D eigenvalue weighted by Gasteiger charge is 2.51. The molecule has 10 atom stereocenters. The zero-order chi connectivity index (χ0) is 45.3. The van der Waals surface area contributed by atoms with Gasteiger partial charge in [0.25, 0.3) is 0 Å². The van der Waals surface area contributed by atoms with Crippen LogP contribution in [0.5, 0.6) is 0 Å². The second kappa shape index (κ2) is 35.6. The van der Waals surface area contributed by atoms with E-state index in [0.29, 0.717) is 38.5 Å². The number of phosphoric acid groups is 1. The molecule has 8 N–H and O–H groups in total. The molecule has 0 heterocycles. The Hall–Kier alpha value is -1.75. The Morgan fingerprint density at radius 3 is 1.57 bits per heavy atom. The van der Waals surface area contributed by atoms with Crippen molar-refractivity contribution in [1.29, 1.82) is 0 Å². The number of carbonyl (C=O) groups excluding carboxylic acids is 2. The van der Waals surface area contributed by atoms with Crippen molar-refractivity contribution in [1.82, 2.24) is 0 Å². The number of hydrogen-bond donors (Lipinski definition) is 8. The van der Waals surface area contributed by atoms with Gasteiger partial charge in [-0.1, -0.05) is 128 Å². The Balaban J connectivity index is 2.52. The van der Waals surface area contributed by atoms with E-state index in [-0.39, 0.29) is 12.8 Å². The molecule has 1 saturated carbocycles. The standard InChI is InChI=1S/C45H83O15P/c1-3-5-7-9-11-12-13-14-15-16-17-18-19-23-27-31-38(48)57-33-35(34-58-61(55,56)60-45-43(53)41(51)40(50)42(52)44(45)54)59-39(49)32-28-24-20-22-26-30-37(47)36(46)29-25-21-10-8-6-4-2/h14-15,21,25,35-37,40-47,50-54H,3-13,16-20,22-24,26-34H2,1-2H3,(H,55,56)/b15-14-,25-21-/t35-,36+,37+,40?,41-,42+,43-,44-,45?/m1/s1. The lowest BCUT2D eigenvalue weighted by Crippen LogP contribution is -2.64. The number of allylic oxidation sites excluding steroid dienone is 3. The van der Waals surface area contributed by atoms with E-state index in [0.717, 1.165) is 70.6 Å². The molecule has 0 spiro atoms. The maximum absolute atomic E-state index is 12.8. The predicted octanol–water partition coefficient (Wildman–Crippen LogP) is 6.78. The minimum atomic E-state index is -5.16. The minimum absolute atomic E-state index is 0.00284. The lowest BCUT2D eigenvalue weighted by molar-refractivity contribution is -0.220. The molecule has 0 saturated heterocycles. The van der Waals surface area contributed by atoms with Gasteiger partial charge < -0.3 is 50.1 Å². The molecular formula is C45H83O15P. The number of phosphoric ester groups is 1. The van der Waals surface area contributed by atoms with E-state index in [1.165, 1.54) is 44.9 Å². The molecule has 0 radical (unpaired) electrons. The van der Waals surface area contributed by atoms with Crippen molar-refractivity contribution in [2.75, 3.05) is 13.2 Å². The van der Waals surface area contributed by atoms with Gasteiger partial charge in [-0.05, 0) is 64.2 Å². The molecule has 1 rings (SSSR count). The molecule has 0 aromatic heterocycles. The normalized spacial score (nSPS) is 23.2. The highest BCUT2D eigenvalue weighted by Crippen LogP contribution is 2.47. The topological polar surface area (TPSA) is 250 Å². The van der Waals surface area contributed by atoms with Gasteiger partial charge in [0, 0.05) is 12.8 Å². The van der Waals surface area contributed by atoms with Crippen molar-refractivity contribution in [3.8, 4) is 0 Å². The molecular weight excluding hydrogens is 811 g/mol. The van der Waals surface area contributed by atoms with Crippen molar-refractivity contribution in [3.05, 3.63) is 24.3 Å². The number of aliphatic hydroxyl groups is 7. The van der Waals surface area contributed by atoms with Gasteiger partial charge in [-0.2, -0.15) is 0 Å². The highest BCUT2D eigenvalue weighted by atomic mass is 31.2. The molecule has 0 amide bonds.